The lowest BCUT2D eigenvalue weighted by Crippen LogP contribution is -2.50. The van der Waals surface area contributed by atoms with Crippen molar-refractivity contribution in [1.29, 1.82) is 0 Å². The van der Waals surface area contributed by atoms with E-state index in [4.69, 9.17) is 5.10 Å². The van der Waals surface area contributed by atoms with Gasteiger partial charge in [-0.15, -0.1) is 0 Å². The summed E-state index contributed by atoms with van der Waals surface area (Å²) in [6, 6.07) is 62.7. The van der Waals surface area contributed by atoms with Gasteiger partial charge in [-0.2, -0.15) is 5.10 Å². The highest BCUT2D eigenvalue weighted by Gasteiger charge is 2.64. The molecule has 1 atom stereocenters. The van der Waals surface area contributed by atoms with Gasteiger partial charge in [0.1, 0.15) is 0 Å². The zero-order chi connectivity index (χ0) is 28.7. The van der Waals surface area contributed by atoms with E-state index in [1.165, 1.54) is 22.3 Å². The number of nitrogens with zero attached hydrogens (tertiary/aromatic N) is 3. The summed E-state index contributed by atoms with van der Waals surface area (Å²) in [5, 5.41) is 7.78. The number of benzene rings is 6. The van der Waals surface area contributed by atoms with Gasteiger partial charge in [0.25, 0.3) is 0 Å². The molecule has 1 unspecified atom stereocenters. The van der Waals surface area contributed by atoms with Gasteiger partial charge >= 0.3 is 0 Å². The van der Waals surface area contributed by atoms with Gasteiger partial charge in [-0.25, -0.2) is 5.01 Å². The van der Waals surface area contributed by atoms with Gasteiger partial charge in [-0.3, -0.25) is 4.90 Å². The molecule has 2 heterocycles. The monoisotopic (exact) mass is 571 g/mol. The summed E-state index contributed by atoms with van der Waals surface area (Å²) in [4.78, 5) is 1.71. The molecule has 4 heteroatoms. The molecule has 0 radical (unpaired) electrons. The molecule has 0 saturated carbocycles. The van der Waals surface area contributed by atoms with E-state index < -0.39 is 9.74 Å². The number of amidine groups is 1. The second-order valence-electron chi connectivity index (χ2n) is 10.8. The Morgan fingerprint density at radius 1 is 0.442 bits per heavy atom. The predicted octanol–water partition coefficient (Wildman–Crippen LogP) is 9.22. The lowest BCUT2D eigenvalue weighted by Gasteiger charge is -2.43. The summed E-state index contributed by atoms with van der Waals surface area (Å²) in [6.07, 6.45) is 0. The second-order valence-corrected chi connectivity index (χ2v) is 12.2. The van der Waals surface area contributed by atoms with Crippen molar-refractivity contribution in [2.45, 2.75) is 9.74 Å². The zero-order valence-electron chi connectivity index (χ0n) is 23.5. The first-order valence-corrected chi connectivity index (χ1v) is 15.4. The maximum absolute atomic E-state index is 5.53. The van der Waals surface area contributed by atoms with E-state index in [1.807, 2.05) is 11.8 Å². The molecule has 1 spiro atoms. The van der Waals surface area contributed by atoms with Crippen LogP contribution in [0, 0.1) is 0 Å². The van der Waals surface area contributed by atoms with Crippen molar-refractivity contribution >= 4 is 29.0 Å². The topological polar surface area (TPSA) is 18.8 Å². The van der Waals surface area contributed by atoms with Crippen LogP contribution in [0.1, 0.15) is 27.8 Å². The van der Waals surface area contributed by atoms with Crippen molar-refractivity contribution in [1.82, 2.24) is 0 Å². The van der Waals surface area contributed by atoms with Gasteiger partial charge in [-0.1, -0.05) is 163 Å². The van der Waals surface area contributed by atoms with E-state index in [0.29, 0.717) is 0 Å². The van der Waals surface area contributed by atoms with Crippen LogP contribution in [-0.4, -0.2) is 5.84 Å². The first-order chi connectivity index (χ1) is 21.3. The second kappa shape index (κ2) is 10.3. The molecule has 8 rings (SSSR count). The van der Waals surface area contributed by atoms with Crippen molar-refractivity contribution in [3.8, 4) is 0 Å². The van der Waals surface area contributed by atoms with Crippen molar-refractivity contribution < 1.29 is 0 Å². The molecule has 0 aliphatic carbocycles. The van der Waals surface area contributed by atoms with Gasteiger partial charge in [0, 0.05) is 16.8 Å². The first-order valence-electron chi connectivity index (χ1n) is 14.6. The summed E-state index contributed by atoms with van der Waals surface area (Å²) in [6.45, 7) is 0. The predicted molar refractivity (Wildman–Crippen MR) is 179 cm³/mol. The molecule has 6 aromatic rings. The van der Waals surface area contributed by atoms with Gasteiger partial charge in [-0.05, 0) is 41.0 Å². The van der Waals surface area contributed by atoms with E-state index in [9.17, 15) is 0 Å². The molecule has 0 aromatic heterocycles. The molecule has 3 nitrogen and oxygen atoms in total. The molecule has 0 fully saturated rings. The lowest BCUT2D eigenvalue weighted by atomic mass is 9.81. The van der Waals surface area contributed by atoms with Crippen molar-refractivity contribution in [3.05, 3.63) is 204 Å². The Labute approximate surface area is 256 Å². The minimum Gasteiger partial charge on any atom is -0.286 e. The SMILES string of the molecule is c1ccc(C2=NN(c3ccccc3)C3(SC(c4ccccc4)(c4ccccc4)c4ccccc43)N2c2ccccc2)cc1. The highest BCUT2D eigenvalue weighted by molar-refractivity contribution is 8.02. The fourth-order valence-corrected chi connectivity index (χ4v) is 8.58. The van der Waals surface area contributed by atoms with Gasteiger partial charge in [0.05, 0.1) is 10.4 Å². The van der Waals surface area contributed by atoms with E-state index in [1.54, 1.807) is 0 Å². The van der Waals surface area contributed by atoms with Crippen molar-refractivity contribution in [3.63, 3.8) is 0 Å². The molecule has 43 heavy (non-hydrogen) atoms. The summed E-state index contributed by atoms with van der Waals surface area (Å²) in [5.74, 6) is 0.912. The molecule has 2 aliphatic heterocycles. The number of thioether (sulfide) groups is 1. The summed E-state index contributed by atoms with van der Waals surface area (Å²) in [5.41, 5.74) is 8.16. The van der Waals surface area contributed by atoms with Crippen LogP contribution in [0.5, 0.6) is 0 Å². The normalized spacial score (nSPS) is 18.5. The molecule has 0 amide bonds. The maximum Gasteiger partial charge on any atom is 0.215 e. The largest absolute Gasteiger partial charge is 0.286 e. The fraction of sp³-hybridized carbons (Fsp3) is 0.0513. The smallest absolute Gasteiger partial charge is 0.215 e. The Hall–Kier alpha value is -5.06. The lowest BCUT2D eigenvalue weighted by molar-refractivity contribution is 0.646. The number of hydrogen-bond donors (Lipinski definition) is 0. The Kier molecular flexibility index (Phi) is 6.16. The van der Waals surface area contributed by atoms with Gasteiger partial charge in [0.15, 0.2) is 5.84 Å². The number of hydrogen-bond acceptors (Lipinski definition) is 4. The van der Waals surface area contributed by atoms with Crippen LogP contribution in [0.3, 0.4) is 0 Å². The Balaban J connectivity index is 1.49. The number of para-hydroxylation sites is 2. The third-order valence-corrected chi connectivity index (χ3v) is 10.2. The van der Waals surface area contributed by atoms with Crippen LogP contribution in [0.25, 0.3) is 0 Å². The summed E-state index contributed by atoms with van der Waals surface area (Å²) < 4.78 is -0.499. The highest BCUT2D eigenvalue weighted by atomic mass is 32.2. The van der Waals surface area contributed by atoms with E-state index in [2.05, 4.69) is 186 Å². The Morgan fingerprint density at radius 2 is 0.884 bits per heavy atom. The third-order valence-electron chi connectivity index (χ3n) is 8.36. The van der Waals surface area contributed by atoms with E-state index in [-0.39, 0.29) is 0 Å². The molecule has 0 bridgehead atoms. The molecule has 0 N–H and O–H groups in total. The van der Waals surface area contributed by atoms with Crippen LogP contribution in [-0.2, 0) is 9.74 Å². The molecular weight excluding hydrogens is 543 g/mol. The van der Waals surface area contributed by atoms with E-state index in [0.717, 1.165) is 22.8 Å². The highest BCUT2D eigenvalue weighted by Crippen LogP contribution is 2.68. The number of anilines is 2. The molecular formula is C39H29N3S. The van der Waals surface area contributed by atoms with Gasteiger partial charge in [0.2, 0.25) is 4.99 Å². The first kappa shape index (κ1) is 25.6. The average Bonchev–Trinajstić information content (AvgIpc) is 3.60. The number of rotatable bonds is 5. The molecule has 0 saturated heterocycles. The van der Waals surface area contributed by atoms with Crippen LogP contribution < -0.4 is 9.91 Å². The average molecular weight is 572 g/mol. The van der Waals surface area contributed by atoms with Crippen molar-refractivity contribution in [2.75, 3.05) is 9.91 Å². The fourth-order valence-electron chi connectivity index (χ4n) is 6.56. The Bertz CT molecular complexity index is 1850. The summed E-state index contributed by atoms with van der Waals surface area (Å²) >= 11 is 1.94. The van der Waals surface area contributed by atoms with Crippen LogP contribution in [0.15, 0.2) is 181 Å². The van der Waals surface area contributed by atoms with Crippen LogP contribution in [0.2, 0.25) is 0 Å². The Morgan fingerprint density at radius 3 is 1.44 bits per heavy atom. The van der Waals surface area contributed by atoms with Crippen molar-refractivity contribution in [2.24, 2.45) is 5.10 Å². The quantitative estimate of drug-likeness (QED) is 0.206. The number of hydrazone groups is 1. The molecule has 2 aliphatic rings. The summed E-state index contributed by atoms with van der Waals surface area (Å²) in [7, 11) is 0. The van der Waals surface area contributed by atoms with Gasteiger partial charge < -0.3 is 0 Å². The van der Waals surface area contributed by atoms with Crippen LogP contribution in [0.4, 0.5) is 11.4 Å². The minimum atomic E-state index is -0.740. The maximum atomic E-state index is 5.53. The zero-order valence-corrected chi connectivity index (χ0v) is 24.3. The minimum absolute atomic E-state index is 0.499. The number of fused-ring (bicyclic) bond motifs is 2. The molecule has 206 valence electrons. The molecule has 6 aromatic carbocycles. The van der Waals surface area contributed by atoms with E-state index >= 15 is 0 Å². The van der Waals surface area contributed by atoms with Crippen LogP contribution >= 0.6 is 11.8 Å². The third kappa shape index (κ3) is 3.87. The standard InChI is InChI=1S/C39H29N3S/c1-6-18-30(19-7-1)37-40-42(34-26-14-5-15-27-34)39(41(37)33-24-12-4-13-25-33)36-29-17-16-28-35(36)38(43-39,31-20-8-2-9-21-31)32-22-10-3-11-23-32/h1-29H.